The maximum atomic E-state index is 14.8. The van der Waals surface area contributed by atoms with Crippen LogP contribution in [0.4, 0.5) is 10.1 Å². The average Bonchev–Trinajstić information content (AvgIpc) is 3.09. The number of halogens is 1. The number of nitrogens with zero attached hydrogens (tertiary/aromatic N) is 2. The van der Waals surface area contributed by atoms with Crippen LogP contribution >= 0.6 is 0 Å². The number of aromatic carboxylic acids is 1. The van der Waals surface area contributed by atoms with Crippen molar-refractivity contribution in [2.24, 2.45) is 0 Å². The van der Waals surface area contributed by atoms with Crippen molar-refractivity contribution in [2.45, 2.75) is 38.8 Å². The summed E-state index contributed by atoms with van der Waals surface area (Å²) in [5, 5.41) is 11.3. The van der Waals surface area contributed by atoms with Gasteiger partial charge in [-0.05, 0) is 19.1 Å². The molecule has 0 amide bonds. The van der Waals surface area contributed by atoms with E-state index in [1.807, 2.05) is 11.8 Å². The lowest BCUT2D eigenvalue weighted by Gasteiger charge is -2.36. The van der Waals surface area contributed by atoms with Gasteiger partial charge >= 0.3 is 0 Å². The summed E-state index contributed by atoms with van der Waals surface area (Å²) in [6.07, 6.45) is 4.79. The molecular weight excluding hydrogens is 337 g/mol. The predicted molar refractivity (Wildman–Crippen MR) is 93.9 cm³/mol. The van der Waals surface area contributed by atoms with Gasteiger partial charge in [-0.15, -0.1) is 0 Å². The summed E-state index contributed by atoms with van der Waals surface area (Å²) >= 11 is 0. The van der Waals surface area contributed by atoms with Crippen molar-refractivity contribution in [3.63, 3.8) is 0 Å². The molecule has 0 aliphatic carbocycles. The van der Waals surface area contributed by atoms with E-state index in [1.165, 1.54) is 30.0 Å². The second kappa shape index (κ2) is 6.39. The Kier molecular flexibility index (Phi) is 4.19. The van der Waals surface area contributed by atoms with Crippen LogP contribution in [-0.4, -0.2) is 36.3 Å². The van der Waals surface area contributed by atoms with E-state index in [-0.39, 0.29) is 5.39 Å². The minimum absolute atomic E-state index is 0.0817. The van der Waals surface area contributed by atoms with Gasteiger partial charge in [0.2, 0.25) is 0 Å². The number of carbonyl (C=O) groups excluding carboxylic acids is 1. The van der Waals surface area contributed by atoms with E-state index in [0.717, 1.165) is 26.2 Å². The van der Waals surface area contributed by atoms with Crippen molar-refractivity contribution in [1.82, 2.24) is 4.57 Å². The third-order valence-corrected chi connectivity index (χ3v) is 5.82. The zero-order chi connectivity index (χ0) is 18.4. The van der Waals surface area contributed by atoms with Crippen LogP contribution in [0.2, 0.25) is 0 Å². The Hall–Kier alpha value is -2.41. The SMILES string of the molecule is CCn1cc(C(=O)[O-])c(=O)c2cc(F)c(N3CC[C@@H]4CCC[NH+]4C3)cc21. The number of nitrogens with one attached hydrogen (secondary N) is 1. The van der Waals surface area contributed by atoms with E-state index in [2.05, 4.69) is 0 Å². The standard InChI is InChI=1S/C19H22FN3O3/c1-2-21-10-14(19(25)26)18(24)13-8-15(20)17(9-16(13)21)23-7-5-12-4-3-6-22(12)11-23/h8-10,12H,2-7,11H2,1H3,(H,25,26)/t12-/m0/s1. The maximum absolute atomic E-state index is 14.8. The zero-order valence-electron chi connectivity index (χ0n) is 14.8. The molecular formula is C19H22FN3O3. The molecule has 0 radical (unpaired) electrons. The van der Waals surface area contributed by atoms with Crippen molar-refractivity contribution in [1.29, 1.82) is 0 Å². The number of carbonyl (C=O) groups is 1. The summed E-state index contributed by atoms with van der Waals surface area (Å²) in [5.41, 5.74) is -0.0940. The lowest BCUT2D eigenvalue weighted by molar-refractivity contribution is -0.915. The Balaban J connectivity index is 1.82. The molecule has 7 heteroatoms. The van der Waals surface area contributed by atoms with Gasteiger partial charge in [0.25, 0.3) is 0 Å². The molecule has 3 heterocycles. The number of quaternary nitrogens is 1. The van der Waals surface area contributed by atoms with Gasteiger partial charge in [-0.25, -0.2) is 4.39 Å². The number of fused-ring (bicyclic) bond motifs is 2. The van der Waals surface area contributed by atoms with Gasteiger partial charge in [0.1, 0.15) is 5.82 Å². The van der Waals surface area contributed by atoms with Crippen molar-refractivity contribution >= 4 is 22.6 Å². The van der Waals surface area contributed by atoms with Crippen LogP contribution in [0.25, 0.3) is 10.9 Å². The largest absolute Gasteiger partial charge is 0.545 e. The van der Waals surface area contributed by atoms with Gasteiger partial charge in [-0.1, -0.05) is 0 Å². The fraction of sp³-hybridized carbons (Fsp3) is 0.474. The highest BCUT2D eigenvalue weighted by Gasteiger charge is 2.35. The van der Waals surface area contributed by atoms with E-state index in [4.69, 9.17) is 0 Å². The van der Waals surface area contributed by atoms with Crippen molar-refractivity contribution in [2.75, 3.05) is 24.7 Å². The van der Waals surface area contributed by atoms with Gasteiger partial charge in [0, 0.05) is 43.9 Å². The van der Waals surface area contributed by atoms with E-state index in [0.29, 0.717) is 23.8 Å². The number of carboxylic acids is 1. The van der Waals surface area contributed by atoms with Crippen LogP contribution in [0.3, 0.4) is 0 Å². The Morgan fingerprint density at radius 1 is 1.38 bits per heavy atom. The van der Waals surface area contributed by atoms with Gasteiger partial charge < -0.3 is 24.3 Å². The van der Waals surface area contributed by atoms with Crippen LogP contribution in [-0.2, 0) is 6.54 Å². The summed E-state index contributed by atoms with van der Waals surface area (Å²) < 4.78 is 16.5. The third-order valence-electron chi connectivity index (χ3n) is 5.82. The Morgan fingerprint density at radius 3 is 2.92 bits per heavy atom. The first-order valence-electron chi connectivity index (χ1n) is 9.17. The number of pyridine rings is 1. The molecule has 0 saturated carbocycles. The molecule has 2 aliphatic rings. The number of anilines is 1. The molecule has 2 aromatic rings. The second-order valence-corrected chi connectivity index (χ2v) is 7.22. The summed E-state index contributed by atoms with van der Waals surface area (Å²) in [6.45, 7) is 5.00. The third kappa shape index (κ3) is 2.67. The lowest BCUT2D eigenvalue weighted by atomic mass is 10.1. The first-order valence-corrected chi connectivity index (χ1v) is 9.17. The molecule has 6 nitrogen and oxygen atoms in total. The molecule has 0 spiro atoms. The number of rotatable bonds is 3. The molecule has 138 valence electrons. The fourth-order valence-corrected chi connectivity index (χ4v) is 4.43. The highest BCUT2D eigenvalue weighted by atomic mass is 19.1. The quantitative estimate of drug-likeness (QED) is 0.820. The van der Waals surface area contributed by atoms with Crippen molar-refractivity contribution in [3.05, 3.63) is 39.9 Å². The topological polar surface area (TPSA) is 69.8 Å². The fourth-order valence-electron chi connectivity index (χ4n) is 4.43. The van der Waals surface area contributed by atoms with Gasteiger partial charge in [-0.2, -0.15) is 0 Å². The molecule has 2 atom stereocenters. The number of aromatic nitrogens is 1. The Labute approximate surface area is 150 Å². The number of hydrogen-bond acceptors (Lipinski definition) is 4. The normalized spacial score (nSPS) is 22.6. The van der Waals surface area contributed by atoms with E-state index >= 15 is 0 Å². The van der Waals surface area contributed by atoms with Crippen molar-refractivity contribution < 1.29 is 19.2 Å². The smallest absolute Gasteiger partial charge is 0.198 e. The molecule has 26 heavy (non-hydrogen) atoms. The summed E-state index contributed by atoms with van der Waals surface area (Å²) in [4.78, 5) is 27.2. The minimum Gasteiger partial charge on any atom is -0.545 e. The number of benzene rings is 1. The van der Waals surface area contributed by atoms with Gasteiger partial charge in [0.15, 0.2) is 12.1 Å². The number of carboxylic acid groups (broad SMARTS) is 1. The molecule has 2 saturated heterocycles. The molecule has 2 fully saturated rings. The van der Waals surface area contributed by atoms with Gasteiger partial charge in [-0.3, -0.25) is 4.79 Å². The molecule has 1 N–H and O–H groups in total. The average molecular weight is 359 g/mol. The summed E-state index contributed by atoms with van der Waals surface area (Å²) in [7, 11) is 0. The maximum Gasteiger partial charge on any atom is 0.198 e. The molecule has 4 rings (SSSR count). The molecule has 1 aromatic heterocycles. The van der Waals surface area contributed by atoms with Crippen molar-refractivity contribution in [3.8, 4) is 0 Å². The first-order chi connectivity index (χ1) is 12.5. The molecule has 2 aliphatic heterocycles. The Morgan fingerprint density at radius 2 is 2.19 bits per heavy atom. The first kappa shape index (κ1) is 17.0. The highest BCUT2D eigenvalue weighted by Crippen LogP contribution is 2.26. The Bertz CT molecular complexity index is 940. The number of hydrogen-bond donors (Lipinski definition) is 1. The van der Waals surface area contributed by atoms with Crippen LogP contribution in [0.1, 0.15) is 36.5 Å². The molecule has 1 aromatic carbocycles. The zero-order valence-corrected chi connectivity index (χ0v) is 14.8. The van der Waals surface area contributed by atoms with Crippen LogP contribution in [0, 0.1) is 5.82 Å². The minimum atomic E-state index is -1.54. The van der Waals surface area contributed by atoms with Crippen LogP contribution in [0.15, 0.2) is 23.1 Å². The molecule has 1 unspecified atom stereocenters. The van der Waals surface area contributed by atoms with Crippen LogP contribution in [0.5, 0.6) is 0 Å². The number of aryl methyl sites for hydroxylation is 1. The monoisotopic (exact) mass is 359 g/mol. The van der Waals surface area contributed by atoms with E-state index in [1.54, 1.807) is 10.6 Å². The van der Waals surface area contributed by atoms with Crippen LogP contribution < -0.4 is 20.3 Å². The predicted octanol–water partition coefficient (Wildman–Crippen LogP) is -0.261. The summed E-state index contributed by atoms with van der Waals surface area (Å²) in [6, 6.07) is 3.54. The molecule has 0 bridgehead atoms. The van der Waals surface area contributed by atoms with Gasteiger partial charge in [0.05, 0.1) is 35.3 Å². The summed E-state index contributed by atoms with van der Waals surface area (Å²) in [5.74, 6) is -2.02. The van der Waals surface area contributed by atoms with E-state index in [9.17, 15) is 19.1 Å². The lowest BCUT2D eigenvalue weighted by Crippen LogP contribution is -3.16. The highest BCUT2D eigenvalue weighted by molar-refractivity contribution is 5.92. The second-order valence-electron chi connectivity index (χ2n) is 7.22. The van der Waals surface area contributed by atoms with E-state index < -0.39 is 22.8 Å².